The lowest BCUT2D eigenvalue weighted by atomic mass is 9.95. The van der Waals surface area contributed by atoms with Crippen LogP contribution in [0.25, 0.3) is 0 Å². The molecule has 0 bridgehead atoms. The van der Waals surface area contributed by atoms with Gasteiger partial charge in [-0.2, -0.15) is 0 Å². The van der Waals surface area contributed by atoms with Crippen molar-refractivity contribution in [1.82, 2.24) is 5.32 Å². The Morgan fingerprint density at radius 1 is 1.12 bits per heavy atom. The fourth-order valence-corrected chi connectivity index (χ4v) is 3.22. The van der Waals surface area contributed by atoms with Gasteiger partial charge in [0.15, 0.2) is 0 Å². The molecule has 0 spiro atoms. The standard InChI is InChI=1S/C13H21NO3/c1-8-5-6-9(7-8)14-12(15)10-3-2-4-11(10)13(16)17/h8-11H,2-7H2,1H3,(H,14,15)(H,16,17)/t8?,9?,10-,11+/m1/s1. The topological polar surface area (TPSA) is 66.4 Å². The van der Waals surface area contributed by atoms with Crippen molar-refractivity contribution >= 4 is 11.9 Å². The SMILES string of the molecule is CC1CCC(NC(=O)[C@@H]2CCC[C@@H]2C(=O)O)C1. The number of rotatable bonds is 3. The lowest BCUT2D eigenvalue weighted by Crippen LogP contribution is -2.40. The van der Waals surface area contributed by atoms with Gasteiger partial charge in [-0.15, -0.1) is 0 Å². The van der Waals surface area contributed by atoms with E-state index in [0.29, 0.717) is 12.3 Å². The zero-order valence-corrected chi connectivity index (χ0v) is 10.3. The first kappa shape index (κ1) is 12.4. The maximum absolute atomic E-state index is 12.0. The van der Waals surface area contributed by atoms with Crippen LogP contribution >= 0.6 is 0 Å². The molecule has 2 rings (SSSR count). The van der Waals surface area contributed by atoms with E-state index in [1.807, 2.05) is 0 Å². The minimum Gasteiger partial charge on any atom is -0.481 e. The second-order valence-corrected chi connectivity index (χ2v) is 5.61. The van der Waals surface area contributed by atoms with Crippen LogP contribution in [0.3, 0.4) is 0 Å². The average molecular weight is 239 g/mol. The number of carboxylic acid groups (broad SMARTS) is 1. The van der Waals surface area contributed by atoms with Crippen molar-refractivity contribution in [2.24, 2.45) is 17.8 Å². The monoisotopic (exact) mass is 239 g/mol. The third-order valence-electron chi connectivity index (χ3n) is 4.21. The van der Waals surface area contributed by atoms with Gasteiger partial charge in [0, 0.05) is 6.04 Å². The molecule has 0 aromatic heterocycles. The molecule has 0 aromatic rings. The summed E-state index contributed by atoms with van der Waals surface area (Å²) in [7, 11) is 0. The molecule has 0 heterocycles. The smallest absolute Gasteiger partial charge is 0.307 e. The zero-order valence-electron chi connectivity index (χ0n) is 10.3. The van der Waals surface area contributed by atoms with Crippen LogP contribution in [0.4, 0.5) is 0 Å². The summed E-state index contributed by atoms with van der Waals surface area (Å²) < 4.78 is 0. The quantitative estimate of drug-likeness (QED) is 0.789. The van der Waals surface area contributed by atoms with Gasteiger partial charge in [-0.25, -0.2) is 0 Å². The van der Waals surface area contributed by atoms with Gasteiger partial charge in [-0.05, 0) is 38.0 Å². The van der Waals surface area contributed by atoms with Crippen LogP contribution in [0, 0.1) is 17.8 Å². The van der Waals surface area contributed by atoms with Gasteiger partial charge in [-0.3, -0.25) is 9.59 Å². The Bertz CT molecular complexity index is 316. The number of nitrogens with one attached hydrogen (secondary N) is 1. The number of amides is 1. The second kappa shape index (κ2) is 5.07. The Morgan fingerprint density at radius 2 is 1.82 bits per heavy atom. The molecule has 2 aliphatic carbocycles. The van der Waals surface area contributed by atoms with Gasteiger partial charge >= 0.3 is 5.97 Å². The highest BCUT2D eigenvalue weighted by Gasteiger charge is 2.38. The predicted octanol–water partition coefficient (Wildman–Crippen LogP) is 1.79. The first-order valence-corrected chi connectivity index (χ1v) is 6.61. The van der Waals surface area contributed by atoms with E-state index in [9.17, 15) is 9.59 Å². The molecular formula is C13H21NO3. The van der Waals surface area contributed by atoms with Crippen molar-refractivity contribution in [2.75, 3.05) is 0 Å². The molecule has 4 atom stereocenters. The number of hydrogen-bond donors (Lipinski definition) is 2. The van der Waals surface area contributed by atoms with Gasteiger partial charge in [0.05, 0.1) is 11.8 Å². The van der Waals surface area contributed by atoms with Crippen LogP contribution in [0.2, 0.25) is 0 Å². The minimum absolute atomic E-state index is 0.0333. The Morgan fingerprint density at radius 3 is 2.41 bits per heavy atom. The second-order valence-electron chi connectivity index (χ2n) is 5.61. The van der Waals surface area contributed by atoms with E-state index in [1.165, 1.54) is 0 Å². The summed E-state index contributed by atoms with van der Waals surface area (Å²) >= 11 is 0. The van der Waals surface area contributed by atoms with E-state index in [0.717, 1.165) is 32.1 Å². The fourth-order valence-electron chi connectivity index (χ4n) is 3.22. The van der Waals surface area contributed by atoms with Crippen LogP contribution in [0.15, 0.2) is 0 Å². The molecule has 0 radical (unpaired) electrons. The Hall–Kier alpha value is -1.06. The molecule has 2 aliphatic rings. The predicted molar refractivity (Wildman–Crippen MR) is 63.4 cm³/mol. The van der Waals surface area contributed by atoms with E-state index in [2.05, 4.69) is 12.2 Å². The highest BCUT2D eigenvalue weighted by Crippen LogP contribution is 2.33. The van der Waals surface area contributed by atoms with Crippen LogP contribution in [0.5, 0.6) is 0 Å². The zero-order chi connectivity index (χ0) is 12.4. The Labute approximate surface area is 102 Å². The molecule has 4 heteroatoms. The van der Waals surface area contributed by atoms with E-state index in [1.54, 1.807) is 0 Å². The number of carbonyl (C=O) groups excluding carboxylic acids is 1. The molecule has 96 valence electrons. The molecule has 2 N–H and O–H groups in total. The van der Waals surface area contributed by atoms with Crippen LogP contribution < -0.4 is 5.32 Å². The third kappa shape index (κ3) is 2.79. The fraction of sp³-hybridized carbons (Fsp3) is 0.846. The van der Waals surface area contributed by atoms with E-state index < -0.39 is 11.9 Å². The lowest BCUT2D eigenvalue weighted by molar-refractivity contribution is -0.146. The highest BCUT2D eigenvalue weighted by atomic mass is 16.4. The summed E-state index contributed by atoms with van der Waals surface area (Å²) in [5, 5.41) is 12.1. The van der Waals surface area contributed by atoms with Crippen molar-refractivity contribution < 1.29 is 14.7 Å². The van der Waals surface area contributed by atoms with Crippen molar-refractivity contribution in [3.05, 3.63) is 0 Å². The molecular weight excluding hydrogens is 218 g/mol. The van der Waals surface area contributed by atoms with E-state index in [-0.39, 0.29) is 17.9 Å². The van der Waals surface area contributed by atoms with Gasteiger partial charge < -0.3 is 10.4 Å². The highest BCUT2D eigenvalue weighted by molar-refractivity contribution is 5.85. The average Bonchev–Trinajstić information content (AvgIpc) is 2.86. The first-order valence-electron chi connectivity index (χ1n) is 6.61. The molecule has 0 aliphatic heterocycles. The Balaban J connectivity index is 1.89. The summed E-state index contributed by atoms with van der Waals surface area (Å²) in [5.74, 6) is -0.937. The van der Waals surface area contributed by atoms with E-state index in [4.69, 9.17) is 5.11 Å². The Kier molecular flexibility index (Phi) is 3.69. The maximum atomic E-state index is 12.0. The van der Waals surface area contributed by atoms with Gasteiger partial charge in [0.25, 0.3) is 0 Å². The lowest BCUT2D eigenvalue weighted by Gasteiger charge is -2.19. The molecule has 0 aromatic carbocycles. The molecule has 2 unspecified atom stereocenters. The van der Waals surface area contributed by atoms with E-state index >= 15 is 0 Å². The molecule has 1 amide bonds. The molecule has 0 saturated heterocycles. The minimum atomic E-state index is -0.817. The number of hydrogen-bond acceptors (Lipinski definition) is 2. The molecule has 2 fully saturated rings. The first-order chi connectivity index (χ1) is 8.08. The number of carboxylic acids is 1. The van der Waals surface area contributed by atoms with Crippen LogP contribution in [0.1, 0.15) is 45.4 Å². The van der Waals surface area contributed by atoms with Crippen molar-refractivity contribution in [3.8, 4) is 0 Å². The van der Waals surface area contributed by atoms with Crippen molar-refractivity contribution in [3.63, 3.8) is 0 Å². The van der Waals surface area contributed by atoms with Crippen LogP contribution in [-0.2, 0) is 9.59 Å². The van der Waals surface area contributed by atoms with Crippen molar-refractivity contribution in [1.29, 1.82) is 0 Å². The van der Waals surface area contributed by atoms with Gasteiger partial charge in [0.1, 0.15) is 0 Å². The maximum Gasteiger partial charge on any atom is 0.307 e. The van der Waals surface area contributed by atoms with Gasteiger partial charge in [-0.1, -0.05) is 13.3 Å². The largest absolute Gasteiger partial charge is 0.481 e. The molecule has 4 nitrogen and oxygen atoms in total. The van der Waals surface area contributed by atoms with Crippen molar-refractivity contribution in [2.45, 2.75) is 51.5 Å². The number of carbonyl (C=O) groups is 2. The molecule has 17 heavy (non-hydrogen) atoms. The van der Waals surface area contributed by atoms with Crippen LogP contribution in [-0.4, -0.2) is 23.0 Å². The summed E-state index contributed by atoms with van der Waals surface area (Å²) in [6, 6.07) is 0.271. The third-order valence-corrected chi connectivity index (χ3v) is 4.21. The molecule has 2 saturated carbocycles. The van der Waals surface area contributed by atoms with Gasteiger partial charge in [0.2, 0.25) is 5.91 Å². The normalized spacial score (nSPS) is 37.0. The number of aliphatic carboxylic acids is 1. The summed E-state index contributed by atoms with van der Waals surface area (Å²) in [4.78, 5) is 23.1. The summed E-state index contributed by atoms with van der Waals surface area (Å²) in [6.07, 6.45) is 5.47. The summed E-state index contributed by atoms with van der Waals surface area (Å²) in [6.45, 7) is 2.20. The summed E-state index contributed by atoms with van der Waals surface area (Å²) in [5.41, 5.74) is 0.